The number of ether oxygens (including phenoxy) is 1. The first-order valence-electron chi connectivity index (χ1n) is 5.52. The van der Waals surface area contributed by atoms with Crippen molar-refractivity contribution in [2.75, 3.05) is 12.5 Å². The largest absolute Gasteiger partial charge is 0.469 e. The average Bonchev–Trinajstić information content (AvgIpc) is 2.46. The summed E-state index contributed by atoms with van der Waals surface area (Å²) in [6, 6.07) is 3.82. The maximum atomic E-state index is 13.7. The Morgan fingerprint density at radius 1 is 1.52 bits per heavy atom. The molecule has 0 heterocycles. The second kappa shape index (κ2) is 6.95. The fourth-order valence-electron chi connectivity index (χ4n) is 1.30. The lowest BCUT2D eigenvalue weighted by atomic mass is 10.1. The van der Waals surface area contributed by atoms with Gasteiger partial charge in [-0.2, -0.15) is 10.4 Å². The Kier molecular flexibility index (Phi) is 5.31. The van der Waals surface area contributed by atoms with Gasteiger partial charge in [-0.15, -0.1) is 0 Å². The van der Waals surface area contributed by atoms with Crippen LogP contribution in [-0.2, 0) is 16.0 Å². The van der Waals surface area contributed by atoms with E-state index in [2.05, 4.69) is 15.3 Å². The molecule has 0 fully saturated rings. The number of nitrogens with two attached hydrogens (primary N) is 1. The third-order valence-electron chi connectivity index (χ3n) is 2.37. The fraction of sp³-hybridized carbons (Fsp3) is 0.167. The topological polar surface area (TPSA) is 124 Å². The minimum Gasteiger partial charge on any atom is -0.469 e. The van der Waals surface area contributed by atoms with E-state index >= 15 is 0 Å². The summed E-state index contributed by atoms with van der Waals surface area (Å²) in [5, 5.41) is 19.0. The van der Waals surface area contributed by atoms with Gasteiger partial charge in [-0.05, 0) is 6.07 Å². The van der Waals surface area contributed by atoms with E-state index in [1.54, 1.807) is 0 Å². The highest BCUT2D eigenvalue weighted by Gasteiger charge is 2.16. The molecule has 0 aliphatic rings. The highest BCUT2D eigenvalue weighted by atomic mass is 19.2. The molecular weight excluding hydrogens is 284 g/mol. The Bertz CT molecular complexity index is 652. The van der Waals surface area contributed by atoms with Crippen molar-refractivity contribution in [2.45, 2.75) is 6.42 Å². The van der Waals surface area contributed by atoms with Crippen LogP contribution >= 0.6 is 0 Å². The van der Waals surface area contributed by atoms with E-state index in [1.165, 1.54) is 12.1 Å². The molecule has 1 rings (SSSR count). The molecule has 0 radical (unpaired) electrons. The van der Waals surface area contributed by atoms with E-state index in [4.69, 9.17) is 16.4 Å². The first-order chi connectivity index (χ1) is 9.90. The van der Waals surface area contributed by atoms with E-state index in [-0.39, 0.29) is 11.3 Å². The van der Waals surface area contributed by atoms with Gasteiger partial charge in [0.25, 0.3) is 0 Å². The number of hydrogen-bond donors (Lipinski definition) is 3. The number of carbonyl (C=O) groups is 1. The van der Waals surface area contributed by atoms with Crippen LogP contribution in [0.15, 0.2) is 17.2 Å². The molecule has 110 valence electrons. The van der Waals surface area contributed by atoms with Crippen LogP contribution in [0.2, 0.25) is 0 Å². The lowest BCUT2D eigenvalue weighted by molar-refractivity contribution is -0.139. The number of halogens is 2. The predicted molar refractivity (Wildman–Crippen MR) is 70.7 cm³/mol. The zero-order valence-electron chi connectivity index (χ0n) is 10.9. The molecule has 0 atom stereocenters. The molecule has 1 aromatic rings. The van der Waals surface area contributed by atoms with Gasteiger partial charge in [0.1, 0.15) is 6.07 Å². The van der Waals surface area contributed by atoms with Crippen LogP contribution < -0.4 is 11.2 Å². The fourth-order valence-corrected chi connectivity index (χ4v) is 1.30. The Morgan fingerprint density at radius 2 is 2.19 bits per heavy atom. The lowest BCUT2D eigenvalue weighted by Gasteiger charge is -2.07. The van der Waals surface area contributed by atoms with Gasteiger partial charge in [-0.3, -0.25) is 15.6 Å². The summed E-state index contributed by atoms with van der Waals surface area (Å²) in [6.45, 7) is 0. The van der Waals surface area contributed by atoms with E-state index in [0.717, 1.165) is 13.2 Å². The number of rotatable bonds is 5. The summed E-state index contributed by atoms with van der Waals surface area (Å²) in [5.74, 6) is -3.84. The van der Waals surface area contributed by atoms with E-state index < -0.39 is 35.6 Å². The number of nitrogens with zero attached hydrogens (tertiary/aromatic N) is 2. The van der Waals surface area contributed by atoms with Gasteiger partial charge in [0.2, 0.25) is 5.71 Å². The maximum Gasteiger partial charge on any atom is 0.310 e. The Morgan fingerprint density at radius 3 is 2.71 bits per heavy atom. The third-order valence-corrected chi connectivity index (χ3v) is 2.37. The number of nitrogens with one attached hydrogen (secondary N) is 2. The average molecular weight is 295 g/mol. The summed E-state index contributed by atoms with van der Waals surface area (Å²) in [7, 11) is 1.13. The number of esters is 1. The molecular formula is C12H11F2N5O2. The summed E-state index contributed by atoms with van der Waals surface area (Å²) in [5.41, 5.74) is 6.11. The van der Waals surface area contributed by atoms with E-state index in [9.17, 15) is 13.6 Å². The van der Waals surface area contributed by atoms with Gasteiger partial charge in [0.15, 0.2) is 17.5 Å². The number of hydrogen-bond acceptors (Lipinski definition) is 6. The van der Waals surface area contributed by atoms with Crippen LogP contribution in [0.4, 0.5) is 14.5 Å². The Labute approximate surface area is 118 Å². The molecule has 0 saturated carbocycles. The Balaban J connectivity index is 3.03. The van der Waals surface area contributed by atoms with Crippen molar-refractivity contribution in [3.8, 4) is 6.07 Å². The third kappa shape index (κ3) is 3.97. The second-order valence-electron chi connectivity index (χ2n) is 3.75. The van der Waals surface area contributed by atoms with Crippen LogP contribution in [0.1, 0.15) is 5.56 Å². The molecule has 0 aromatic heterocycles. The van der Waals surface area contributed by atoms with Crippen LogP contribution in [0.25, 0.3) is 0 Å². The van der Waals surface area contributed by atoms with Gasteiger partial charge < -0.3 is 10.5 Å². The summed E-state index contributed by atoms with van der Waals surface area (Å²) < 4.78 is 31.8. The number of hydrazone groups is 1. The minimum absolute atomic E-state index is 0.180. The van der Waals surface area contributed by atoms with Gasteiger partial charge in [0.05, 0.1) is 19.2 Å². The van der Waals surface area contributed by atoms with Crippen LogP contribution in [0.3, 0.4) is 0 Å². The molecule has 4 N–H and O–H groups in total. The van der Waals surface area contributed by atoms with Crippen LogP contribution in [-0.4, -0.2) is 24.6 Å². The molecule has 0 aliphatic carbocycles. The van der Waals surface area contributed by atoms with Crippen molar-refractivity contribution < 1.29 is 18.3 Å². The lowest BCUT2D eigenvalue weighted by Crippen LogP contribution is -2.22. The van der Waals surface area contributed by atoms with Crippen molar-refractivity contribution in [1.29, 1.82) is 10.7 Å². The van der Waals surface area contributed by atoms with E-state index in [1.807, 2.05) is 0 Å². The van der Waals surface area contributed by atoms with Crippen molar-refractivity contribution in [3.05, 3.63) is 29.3 Å². The number of carbonyl (C=O) groups excluding carboxylic acids is 1. The molecule has 1 aromatic carbocycles. The zero-order valence-corrected chi connectivity index (χ0v) is 10.9. The molecule has 21 heavy (non-hydrogen) atoms. The van der Waals surface area contributed by atoms with Gasteiger partial charge in [0, 0.05) is 5.56 Å². The number of benzene rings is 1. The monoisotopic (exact) mass is 295 g/mol. The molecule has 0 unspecified atom stereocenters. The number of anilines is 1. The van der Waals surface area contributed by atoms with Gasteiger partial charge in [-0.1, -0.05) is 6.07 Å². The second-order valence-corrected chi connectivity index (χ2v) is 3.75. The highest BCUT2D eigenvalue weighted by Crippen LogP contribution is 2.21. The van der Waals surface area contributed by atoms with Crippen molar-refractivity contribution in [3.63, 3.8) is 0 Å². The highest BCUT2D eigenvalue weighted by molar-refractivity contribution is 6.45. The Hall–Kier alpha value is -3.02. The summed E-state index contributed by atoms with van der Waals surface area (Å²) in [6.07, 6.45) is -0.417. The van der Waals surface area contributed by atoms with Gasteiger partial charge in [-0.25, -0.2) is 8.78 Å². The number of nitriles is 1. The molecule has 0 saturated heterocycles. The molecule has 0 amide bonds. The molecule has 0 aliphatic heterocycles. The normalized spacial score (nSPS) is 10.7. The first kappa shape index (κ1) is 16.0. The predicted octanol–water partition coefficient (Wildman–Crippen LogP) is 0.908. The van der Waals surface area contributed by atoms with Crippen molar-refractivity contribution in [1.82, 2.24) is 0 Å². The summed E-state index contributed by atoms with van der Waals surface area (Å²) in [4.78, 5) is 11.0. The van der Waals surface area contributed by atoms with Crippen molar-refractivity contribution >= 4 is 23.2 Å². The number of methoxy groups -OCH3 is 1. The molecule has 0 bridgehead atoms. The van der Waals surface area contributed by atoms with Crippen LogP contribution in [0.5, 0.6) is 0 Å². The molecule has 9 heteroatoms. The standard InChI is InChI=1S/C12H11F2N5O2/c1-21-9(20)4-6-2-3-7(11(14)10(6)13)18-19-8(5-15)12(16)17/h2-3,18H,4H2,1H3,(H3,16,17)/b19-8+. The van der Waals surface area contributed by atoms with Crippen molar-refractivity contribution in [2.24, 2.45) is 10.8 Å². The number of amidine groups is 1. The molecule has 7 nitrogen and oxygen atoms in total. The SMILES string of the molecule is COC(=O)Cc1ccc(N/N=C(\C#N)C(=N)N)c(F)c1F. The van der Waals surface area contributed by atoms with Gasteiger partial charge >= 0.3 is 5.97 Å². The van der Waals surface area contributed by atoms with Crippen LogP contribution in [0, 0.1) is 28.4 Å². The first-order valence-corrected chi connectivity index (χ1v) is 5.52. The molecule has 0 spiro atoms. The van der Waals surface area contributed by atoms with E-state index in [0.29, 0.717) is 0 Å². The minimum atomic E-state index is -1.28. The zero-order chi connectivity index (χ0) is 16.0. The maximum absolute atomic E-state index is 13.7. The smallest absolute Gasteiger partial charge is 0.310 e. The summed E-state index contributed by atoms with van der Waals surface area (Å²) >= 11 is 0. The quantitative estimate of drug-likeness (QED) is 0.322.